The van der Waals surface area contributed by atoms with Gasteiger partial charge >= 0.3 is 0 Å². The number of rotatable bonds is 7. The van der Waals surface area contributed by atoms with Crippen molar-refractivity contribution in [3.63, 3.8) is 0 Å². The molecule has 2 aromatic rings. The standard InChI is InChI=1S/C15H23F2N7O3/c1-23(5-15(16,17)2-3-18)4-8-10(25)11(26)14(27-8)24-7-22-9-12(19)20-6-21-13(9)24/h6-8,10-11,14,25-26H,2-5,18H2,1H3,(H2,19,20,21)/t8-,10-,11-,14-/m1/s1. The van der Waals surface area contributed by atoms with Gasteiger partial charge in [0.1, 0.15) is 30.2 Å². The van der Waals surface area contributed by atoms with Crippen molar-refractivity contribution in [2.45, 2.75) is 36.9 Å². The second-order valence-electron chi connectivity index (χ2n) is 6.72. The maximum Gasteiger partial charge on any atom is 0.261 e. The van der Waals surface area contributed by atoms with Crippen LogP contribution in [0.25, 0.3) is 11.2 Å². The van der Waals surface area contributed by atoms with Crippen molar-refractivity contribution in [2.24, 2.45) is 5.73 Å². The highest BCUT2D eigenvalue weighted by Gasteiger charge is 2.45. The molecule has 0 spiro atoms. The summed E-state index contributed by atoms with van der Waals surface area (Å²) in [6.45, 7) is -0.656. The van der Waals surface area contributed by atoms with Crippen molar-refractivity contribution in [2.75, 3.05) is 32.4 Å². The Kier molecular flexibility index (Phi) is 5.53. The maximum absolute atomic E-state index is 13.7. The van der Waals surface area contributed by atoms with Gasteiger partial charge in [-0.3, -0.25) is 9.47 Å². The summed E-state index contributed by atoms with van der Waals surface area (Å²) < 4.78 is 34.6. The van der Waals surface area contributed by atoms with E-state index in [2.05, 4.69) is 15.0 Å². The van der Waals surface area contributed by atoms with Crippen LogP contribution in [0.2, 0.25) is 0 Å². The number of aliphatic hydroxyl groups is 2. The van der Waals surface area contributed by atoms with Crippen molar-refractivity contribution >= 4 is 17.0 Å². The Balaban J connectivity index is 1.73. The molecule has 3 heterocycles. The molecule has 1 aliphatic heterocycles. The molecule has 0 aliphatic carbocycles. The van der Waals surface area contributed by atoms with Crippen molar-refractivity contribution in [3.05, 3.63) is 12.7 Å². The van der Waals surface area contributed by atoms with Gasteiger partial charge in [-0.05, 0) is 13.6 Å². The van der Waals surface area contributed by atoms with E-state index in [4.69, 9.17) is 16.2 Å². The number of anilines is 1. The van der Waals surface area contributed by atoms with Gasteiger partial charge in [-0.2, -0.15) is 0 Å². The van der Waals surface area contributed by atoms with Crippen LogP contribution in [0.3, 0.4) is 0 Å². The first-order chi connectivity index (χ1) is 12.7. The van der Waals surface area contributed by atoms with Gasteiger partial charge in [0.15, 0.2) is 17.7 Å². The summed E-state index contributed by atoms with van der Waals surface area (Å²) in [5.74, 6) is -2.77. The molecule has 0 unspecified atom stereocenters. The normalized spacial score (nSPS) is 26.3. The summed E-state index contributed by atoms with van der Waals surface area (Å²) in [6.07, 6.45) is -2.23. The third-order valence-electron chi connectivity index (χ3n) is 4.50. The average molecular weight is 387 g/mol. The minimum absolute atomic E-state index is 0.00135. The third kappa shape index (κ3) is 3.99. The van der Waals surface area contributed by atoms with E-state index in [1.54, 1.807) is 0 Å². The van der Waals surface area contributed by atoms with E-state index in [-0.39, 0.29) is 18.9 Å². The summed E-state index contributed by atoms with van der Waals surface area (Å²) >= 11 is 0. The monoisotopic (exact) mass is 387 g/mol. The predicted octanol–water partition coefficient (Wildman–Crippen LogP) is -1.06. The number of ether oxygens (including phenoxy) is 1. The molecule has 2 aromatic heterocycles. The Morgan fingerprint density at radius 2 is 2.04 bits per heavy atom. The molecule has 0 radical (unpaired) electrons. The van der Waals surface area contributed by atoms with E-state index in [9.17, 15) is 19.0 Å². The smallest absolute Gasteiger partial charge is 0.261 e. The highest BCUT2D eigenvalue weighted by molar-refractivity contribution is 5.81. The Bertz CT molecular complexity index is 790. The molecule has 150 valence electrons. The summed E-state index contributed by atoms with van der Waals surface area (Å²) in [5.41, 5.74) is 11.6. The molecule has 0 aromatic carbocycles. The lowest BCUT2D eigenvalue weighted by molar-refractivity contribution is -0.0641. The van der Waals surface area contributed by atoms with Gasteiger partial charge in [0.2, 0.25) is 0 Å². The van der Waals surface area contributed by atoms with Crippen LogP contribution in [0.1, 0.15) is 12.6 Å². The highest BCUT2D eigenvalue weighted by atomic mass is 19.3. The lowest BCUT2D eigenvalue weighted by Crippen LogP contribution is -2.43. The van der Waals surface area contributed by atoms with E-state index in [1.807, 2.05) is 0 Å². The van der Waals surface area contributed by atoms with Crippen LogP contribution in [-0.4, -0.2) is 85.5 Å². The summed E-state index contributed by atoms with van der Waals surface area (Å²) in [7, 11) is 1.49. The quantitative estimate of drug-likeness (QED) is 0.466. The number of likely N-dealkylation sites (N-methyl/N-ethyl adjacent to an activating group) is 1. The van der Waals surface area contributed by atoms with E-state index in [0.29, 0.717) is 11.2 Å². The van der Waals surface area contributed by atoms with Gasteiger partial charge in [0, 0.05) is 13.0 Å². The zero-order valence-corrected chi connectivity index (χ0v) is 14.7. The van der Waals surface area contributed by atoms with Gasteiger partial charge in [0.25, 0.3) is 5.92 Å². The fraction of sp³-hybridized carbons (Fsp3) is 0.667. The molecule has 0 saturated carbocycles. The molecular weight excluding hydrogens is 364 g/mol. The van der Waals surface area contributed by atoms with Gasteiger partial charge in [-0.1, -0.05) is 0 Å². The molecule has 1 saturated heterocycles. The average Bonchev–Trinajstić information content (AvgIpc) is 3.12. The second-order valence-corrected chi connectivity index (χ2v) is 6.72. The number of nitrogens with zero attached hydrogens (tertiary/aromatic N) is 5. The van der Waals surface area contributed by atoms with Crippen LogP contribution >= 0.6 is 0 Å². The van der Waals surface area contributed by atoms with Crippen molar-refractivity contribution in [3.8, 4) is 0 Å². The number of nitrogen functional groups attached to an aromatic ring is 1. The van der Waals surface area contributed by atoms with E-state index in [0.717, 1.165) is 0 Å². The number of alkyl halides is 2. The third-order valence-corrected chi connectivity index (χ3v) is 4.50. The lowest BCUT2D eigenvalue weighted by Gasteiger charge is -2.26. The van der Waals surface area contributed by atoms with Crippen molar-refractivity contribution in [1.82, 2.24) is 24.4 Å². The molecular formula is C15H23F2N7O3. The largest absolute Gasteiger partial charge is 0.387 e. The predicted molar refractivity (Wildman–Crippen MR) is 91.8 cm³/mol. The summed E-state index contributed by atoms with van der Waals surface area (Å²) in [4.78, 5) is 13.3. The molecule has 0 amide bonds. The molecule has 27 heavy (non-hydrogen) atoms. The highest BCUT2D eigenvalue weighted by Crippen LogP contribution is 2.32. The molecule has 1 aliphatic rings. The molecule has 10 nitrogen and oxygen atoms in total. The fourth-order valence-corrected chi connectivity index (χ4v) is 3.22. The number of hydrogen-bond donors (Lipinski definition) is 4. The number of aromatic nitrogens is 4. The first-order valence-corrected chi connectivity index (χ1v) is 8.44. The number of halogens is 2. The Morgan fingerprint density at radius 1 is 1.30 bits per heavy atom. The number of imidazole rings is 1. The number of aliphatic hydroxyl groups excluding tert-OH is 2. The molecule has 6 N–H and O–H groups in total. The minimum atomic E-state index is -2.94. The lowest BCUT2D eigenvalue weighted by atomic mass is 10.1. The van der Waals surface area contributed by atoms with E-state index in [1.165, 1.54) is 29.2 Å². The summed E-state index contributed by atoms with van der Waals surface area (Å²) in [6, 6.07) is 0. The molecule has 12 heteroatoms. The van der Waals surface area contributed by atoms with Crippen LogP contribution in [0.15, 0.2) is 12.7 Å². The van der Waals surface area contributed by atoms with Gasteiger partial charge in [-0.25, -0.2) is 23.7 Å². The zero-order valence-electron chi connectivity index (χ0n) is 14.7. The molecule has 3 rings (SSSR count). The zero-order chi connectivity index (χ0) is 19.8. The summed E-state index contributed by atoms with van der Waals surface area (Å²) in [5, 5.41) is 20.7. The van der Waals surface area contributed by atoms with E-state index >= 15 is 0 Å². The number of hydrogen-bond acceptors (Lipinski definition) is 9. The van der Waals surface area contributed by atoms with Crippen molar-refractivity contribution < 1.29 is 23.7 Å². The van der Waals surface area contributed by atoms with E-state index < -0.39 is 43.4 Å². The first-order valence-electron chi connectivity index (χ1n) is 8.44. The van der Waals surface area contributed by atoms with Crippen LogP contribution in [0, 0.1) is 0 Å². The van der Waals surface area contributed by atoms with Crippen LogP contribution in [0.4, 0.5) is 14.6 Å². The molecule has 4 atom stereocenters. The SMILES string of the molecule is CN(C[C@H]1O[C@@H](n2cnc3c(N)ncnc32)[C@H](O)[C@@H]1O)CC(F)(F)CCN. The minimum Gasteiger partial charge on any atom is -0.387 e. The van der Waals surface area contributed by atoms with Crippen LogP contribution in [0.5, 0.6) is 0 Å². The molecule has 1 fully saturated rings. The Hall–Kier alpha value is -1.99. The van der Waals surface area contributed by atoms with Crippen LogP contribution < -0.4 is 11.5 Å². The number of fused-ring (bicyclic) bond motifs is 1. The maximum atomic E-state index is 13.7. The molecule has 0 bridgehead atoms. The Morgan fingerprint density at radius 3 is 2.74 bits per heavy atom. The van der Waals surface area contributed by atoms with Gasteiger partial charge < -0.3 is 26.4 Å². The topological polar surface area (TPSA) is 149 Å². The Labute approximate surface area is 153 Å². The fourth-order valence-electron chi connectivity index (χ4n) is 3.22. The van der Waals surface area contributed by atoms with Gasteiger partial charge in [0.05, 0.1) is 12.9 Å². The van der Waals surface area contributed by atoms with Gasteiger partial charge in [-0.15, -0.1) is 0 Å². The second kappa shape index (κ2) is 7.56. The van der Waals surface area contributed by atoms with Crippen molar-refractivity contribution in [1.29, 1.82) is 0 Å². The van der Waals surface area contributed by atoms with Crippen LogP contribution in [-0.2, 0) is 4.74 Å². The first kappa shape index (κ1) is 19.8. The number of nitrogens with two attached hydrogens (primary N) is 2.